The number of amides is 1. The first-order valence-corrected chi connectivity index (χ1v) is 6.43. The topological polar surface area (TPSA) is 62.5 Å². The normalized spacial score (nSPS) is 19.7. The largest absolute Gasteiger partial charge is 0.375 e. The summed E-state index contributed by atoms with van der Waals surface area (Å²) >= 11 is 1.48. The van der Waals surface area contributed by atoms with E-state index in [1.807, 2.05) is 20.9 Å². The smallest absolute Gasteiger partial charge is 0.242 e. The molecule has 0 spiro atoms. The Labute approximate surface area is 117 Å². The summed E-state index contributed by atoms with van der Waals surface area (Å²) in [5.74, 6) is 0.168. The highest BCUT2D eigenvalue weighted by molar-refractivity contribution is 7.15. The minimum Gasteiger partial charge on any atom is -0.375 e. The molecule has 2 heterocycles. The summed E-state index contributed by atoms with van der Waals surface area (Å²) in [6.45, 7) is 6.33. The maximum atomic E-state index is 12.1. The van der Waals surface area contributed by atoms with Gasteiger partial charge in [0.1, 0.15) is 0 Å². The Kier molecular flexibility index (Phi) is 4.58. The van der Waals surface area contributed by atoms with Crippen LogP contribution >= 0.6 is 23.7 Å². The summed E-state index contributed by atoms with van der Waals surface area (Å²) in [4.78, 5) is 21.2. The third-order valence-electron chi connectivity index (χ3n) is 3.28. The van der Waals surface area contributed by atoms with Crippen LogP contribution in [-0.4, -0.2) is 46.4 Å². The van der Waals surface area contributed by atoms with Crippen molar-refractivity contribution in [1.29, 1.82) is 0 Å². The summed E-state index contributed by atoms with van der Waals surface area (Å²) < 4.78 is 0. The van der Waals surface area contributed by atoms with Crippen molar-refractivity contribution in [3.63, 3.8) is 0 Å². The van der Waals surface area contributed by atoms with Crippen LogP contribution in [0.2, 0.25) is 0 Å². The van der Waals surface area contributed by atoms with E-state index in [-0.39, 0.29) is 18.3 Å². The Morgan fingerprint density at radius 3 is 2.72 bits per heavy atom. The molecule has 7 heteroatoms. The predicted octanol–water partition coefficient (Wildman–Crippen LogP) is 1.20. The van der Waals surface area contributed by atoms with Crippen LogP contribution in [-0.2, 0) is 11.3 Å². The number of carbonyl (C=O) groups is 1. The summed E-state index contributed by atoms with van der Waals surface area (Å²) in [6.07, 6.45) is 1.79. The molecule has 2 rings (SSSR count). The highest BCUT2D eigenvalue weighted by atomic mass is 35.5. The molecule has 0 aromatic carbocycles. The number of carbonyl (C=O) groups excluding carboxylic acids is 1. The van der Waals surface area contributed by atoms with Gasteiger partial charge in [0.05, 0.1) is 5.54 Å². The number of likely N-dealkylation sites (N-methyl/N-ethyl adjacent to an activating group) is 1. The lowest BCUT2D eigenvalue weighted by Gasteiger charge is -2.44. The van der Waals surface area contributed by atoms with Crippen molar-refractivity contribution in [3.05, 3.63) is 11.1 Å². The first-order valence-electron chi connectivity index (χ1n) is 5.62. The van der Waals surface area contributed by atoms with E-state index < -0.39 is 5.54 Å². The first kappa shape index (κ1) is 15.2. The van der Waals surface area contributed by atoms with Crippen molar-refractivity contribution in [2.24, 2.45) is 0 Å². The third kappa shape index (κ3) is 2.76. The second-order valence-corrected chi connectivity index (χ2v) is 6.02. The van der Waals surface area contributed by atoms with E-state index in [2.05, 4.69) is 9.88 Å². The van der Waals surface area contributed by atoms with Crippen molar-refractivity contribution in [2.45, 2.75) is 25.9 Å². The molecule has 1 aromatic heterocycles. The molecular weight excluding hydrogens is 272 g/mol. The molecule has 102 valence electrons. The monoisotopic (exact) mass is 290 g/mol. The summed E-state index contributed by atoms with van der Waals surface area (Å²) in [5, 5.41) is 0.582. The van der Waals surface area contributed by atoms with Crippen LogP contribution in [0.5, 0.6) is 0 Å². The van der Waals surface area contributed by atoms with E-state index in [1.165, 1.54) is 11.3 Å². The first-order chi connectivity index (χ1) is 7.91. The fourth-order valence-electron chi connectivity index (χ4n) is 2.11. The lowest BCUT2D eigenvalue weighted by molar-refractivity contribution is -0.147. The highest BCUT2D eigenvalue weighted by Gasteiger charge is 2.40. The molecule has 1 aliphatic heterocycles. The van der Waals surface area contributed by atoms with Crippen molar-refractivity contribution in [1.82, 2.24) is 14.8 Å². The highest BCUT2D eigenvalue weighted by Crippen LogP contribution is 2.26. The van der Waals surface area contributed by atoms with Crippen LogP contribution < -0.4 is 5.73 Å². The molecule has 5 nitrogen and oxygen atoms in total. The fourth-order valence-corrected chi connectivity index (χ4v) is 2.81. The maximum absolute atomic E-state index is 12.1. The number of rotatable bonds is 2. The quantitative estimate of drug-likeness (QED) is 0.889. The van der Waals surface area contributed by atoms with Gasteiger partial charge in [-0.15, -0.1) is 23.7 Å². The minimum absolute atomic E-state index is 0. The number of piperazine rings is 1. The van der Waals surface area contributed by atoms with Gasteiger partial charge in [-0.1, -0.05) is 0 Å². The predicted molar refractivity (Wildman–Crippen MR) is 75.9 cm³/mol. The zero-order chi connectivity index (χ0) is 12.6. The molecule has 0 radical (unpaired) electrons. The molecule has 1 amide bonds. The number of nitrogens with two attached hydrogens (primary N) is 1. The van der Waals surface area contributed by atoms with E-state index in [1.54, 1.807) is 11.1 Å². The second kappa shape index (κ2) is 5.42. The van der Waals surface area contributed by atoms with Crippen molar-refractivity contribution in [3.8, 4) is 0 Å². The van der Waals surface area contributed by atoms with Gasteiger partial charge < -0.3 is 10.6 Å². The number of nitrogen functional groups attached to an aromatic ring is 1. The molecule has 0 aliphatic carbocycles. The van der Waals surface area contributed by atoms with Crippen LogP contribution in [0.25, 0.3) is 0 Å². The number of hydrogen-bond acceptors (Lipinski definition) is 5. The Balaban J connectivity index is 0.00000162. The Morgan fingerprint density at radius 1 is 1.50 bits per heavy atom. The molecule has 1 aromatic rings. The van der Waals surface area contributed by atoms with Gasteiger partial charge in [-0.25, -0.2) is 4.98 Å². The van der Waals surface area contributed by atoms with Crippen molar-refractivity contribution < 1.29 is 4.79 Å². The average Bonchev–Trinajstić information content (AvgIpc) is 2.66. The van der Waals surface area contributed by atoms with Gasteiger partial charge in [0.15, 0.2) is 5.13 Å². The molecule has 0 unspecified atom stereocenters. The van der Waals surface area contributed by atoms with E-state index in [0.29, 0.717) is 5.13 Å². The maximum Gasteiger partial charge on any atom is 0.242 e. The fraction of sp³-hybridized carbons (Fsp3) is 0.636. The van der Waals surface area contributed by atoms with E-state index in [9.17, 15) is 4.79 Å². The second-order valence-electron chi connectivity index (χ2n) is 4.87. The Morgan fingerprint density at radius 2 is 2.17 bits per heavy atom. The van der Waals surface area contributed by atoms with E-state index >= 15 is 0 Å². The van der Waals surface area contributed by atoms with Gasteiger partial charge in [0.2, 0.25) is 5.91 Å². The molecule has 2 N–H and O–H groups in total. The Hall–Kier alpha value is -0.850. The lowest BCUT2D eigenvalue weighted by Crippen LogP contribution is -2.61. The zero-order valence-electron chi connectivity index (χ0n) is 10.8. The van der Waals surface area contributed by atoms with Gasteiger partial charge >= 0.3 is 0 Å². The molecule has 1 fully saturated rings. The Bertz CT molecular complexity index is 434. The molecule has 1 saturated heterocycles. The number of aromatic nitrogens is 1. The third-order valence-corrected chi connectivity index (χ3v) is 4.10. The molecule has 0 saturated carbocycles. The van der Waals surface area contributed by atoms with Crippen LogP contribution in [0.4, 0.5) is 5.13 Å². The standard InChI is InChI=1S/C11H18N4OS.ClH/c1-11(2)9(16)14(3)4-5-15(11)7-8-6-13-10(12)17-8;/h6H,4-5,7H2,1-3H3,(H2,12,13);1H. The number of nitrogens with zero attached hydrogens (tertiary/aromatic N) is 3. The number of halogens is 1. The summed E-state index contributed by atoms with van der Waals surface area (Å²) in [5.41, 5.74) is 5.16. The molecule has 0 atom stereocenters. The van der Waals surface area contributed by atoms with Crippen LogP contribution in [0.1, 0.15) is 18.7 Å². The van der Waals surface area contributed by atoms with Crippen LogP contribution in [0, 0.1) is 0 Å². The minimum atomic E-state index is -0.453. The molecule has 18 heavy (non-hydrogen) atoms. The van der Waals surface area contributed by atoms with Gasteiger partial charge in [-0.05, 0) is 13.8 Å². The van der Waals surface area contributed by atoms with Gasteiger partial charge in [-0.2, -0.15) is 0 Å². The molecular formula is C11H19ClN4OS. The van der Waals surface area contributed by atoms with Crippen molar-refractivity contribution in [2.75, 3.05) is 25.9 Å². The van der Waals surface area contributed by atoms with Crippen LogP contribution in [0.15, 0.2) is 6.20 Å². The molecule has 1 aliphatic rings. The van der Waals surface area contributed by atoms with Gasteiger partial charge in [-0.3, -0.25) is 9.69 Å². The SMILES string of the molecule is CN1CCN(Cc2cnc(N)s2)C(C)(C)C1=O.Cl. The number of hydrogen-bond donors (Lipinski definition) is 1. The summed E-state index contributed by atoms with van der Waals surface area (Å²) in [6, 6.07) is 0. The van der Waals surface area contributed by atoms with Gasteiger partial charge in [0, 0.05) is 37.8 Å². The van der Waals surface area contributed by atoms with Crippen molar-refractivity contribution >= 4 is 34.8 Å². The summed E-state index contributed by atoms with van der Waals surface area (Å²) in [7, 11) is 1.85. The van der Waals surface area contributed by atoms with Gasteiger partial charge in [0.25, 0.3) is 0 Å². The van der Waals surface area contributed by atoms with Crippen LogP contribution in [0.3, 0.4) is 0 Å². The number of anilines is 1. The lowest BCUT2D eigenvalue weighted by atomic mass is 9.98. The number of thiazole rings is 1. The van der Waals surface area contributed by atoms with E-state index in [0.717, 1.165) is 24.5 Å². The zero-order valence-corrected chi connectivity index (χ0v) is 12.5. The average molecular weight is 291 g/mol. The molecule has 0 bridgehead atoms. The van der Waals surface area contributed by atoms with E-state index in [4.69, 9.17) is 5.73 Å².